The van der Waals surface area contributed by atoms with Gasteiger partial charge in [0, 0.05) is 11.1 Å². The number of carbonyl (C=O) groups is 1. The molecule has 0 amide bonds. The van der Waals surface area contributed by atoms with Crippen LogP contribution in [0, 0.1) is 13.8 Å². The van der Waals surface area contributed by atoms with Crippen LogP contribution in [0.1, 0.15) is 27.0 Å². The molecule has 0 aliphatic carbocycles. The molecule has 0 aromatic heterocycles. The van der Waals surface area contributed by atoms with Crippen LogP contribution in [0.15, 0.2) is 72.8 Å². The minimum atomic E-state index is 0.0393. The molecule has 3 rings (SSSR count). The maximum absolute atomic E-state index is 12.6. The van der Waals surface area contributed by atoms with Gasteiger partial charge in [-0.1, -0.05) is 35.9 Å². The topological polar surface area (TPSA) is 26.3 Å². The first-order valence-electron chi connectivity index (χ1n) is 7.58. The van der Waals surface area contributed by atoms with Crippen molar-refractivity contribution in [3.8, 4) is 11.5 Å². The van der Waals surface area contributed by atoms with E-state index in [1.165, 1.54) is 0 Å². The minimum Gasteiger partial charge on any atom is -0.457 e. The monoisotopic (exact) mass is 302 g/mol. The van der Waals surface area contributed by atoms with Crippen molar-refractivity contribution in [2.45, 2.75) is 13.8 Å². The lowest BCUT2D eigenvalue weighted by molar-refractivity contribution is 0.103. The van der Waals surface area contributed by atoms with E-state index in [-0.39, 0.29) is 5.78 Å². The summed E-state index contributed by atoms with van der Waals surface area (Å²) in [6, 6.07) is 22.8. The molecular weight excluding hydrogens is 284 g/mol. The summed E-state index contributed by atoms with van der Waals surface area (Å²) in [7, 11) is 0. The summed E-state index contributed by atoms with van der Waals surface area (Å²) in [4.78, 5) is 12.6. The van der Waals surface area contributed by atoms with Crippen molar-refractivity contribution in [1.82, 2.24) is 0 Å². The number of rotatable bonds is 4. The Labute approximate surface area is 136 Å². The molecule has 0 saturated carbocycles. The molecule has 0 N–H and O–H groups in total. The molecule has 0 atom stereocenters. The van der Waals surface area contributed by atoms with E-state index in [0.29, 0.717) is 11.3 Å². The second-order valence-corrected chi connectivity index (χ2v) is 5.59. The van der Waals surface area contributed by atoms with Gasteiger partial charge in [-0.3, -0.25) is 4.79 Å². The van der Waals surface area contributed by atoms with Crippen LogP contribution in [-0.2, 0) is 0 Å². The highest BCUT2D eigenvalue weighted by Gasteiger charge is 2.12. The van der Waals surface area contributed by atoms with Gasteiger partial charge in [0.15, 0.2) is 5.78 Å². The lowest BCUT2D eigenvalue weighted by Crippen LogP contribution is -2.04. The van der Waals surface area contributed by atoms with Gasteiger partial charge in [-0.2, -0.15) is 0 Å². The van der Waals surface area contributed by atoms with Gasteiger partial charge in [-0.25, -0.2) is 0 Å². The number of para-hydroxylation sites is 1. The van der Waals surface area contributed by atoms with Crippen LogP contribution in [0.5, 0.6) is 11.5 Å². The second kappa shape index (κ2) is 6.49. The molecule has 3 aromatic carbocycles. The highest BCUT2D eigenvalue weighted by atomic mass is 16.5. The number of hydrogen-bond acceptors (Lipinski definition) is 2. The second-order valence-electron chi connectivity index (χ2n) is 5.59. The van der Waals surface area contributed by atoms with Gasteiger partial charge in [0.2, 0.25) is 0 Å². The quantitative estimate of drug-likeness (QED) is 0.609. The molecule has 0 radical (unpaired) electrons. The van der Waals surface area contributed by atoms with Crippen LogP contribution in [0.2, 0.25) is 0 Å². The summed E-state index contributed by atoms with van der Waals surface area (Å²) in [5, 5.41) is 0. The fourth-order valence-electron chi connectivity index (χ4n) is 2.43. The Balaban J connectivity index is 1.82. The Kier molecular flexibility index (Phi) is 4.24. The van der Waals surface area contributed by atoms with Crippen molar-refractivity contribution in [2.75, 3.05) is 0 Å². The van der Waals surface area contributed by atoms with E-state index < -0.39 is 0 Å². The summed E-state index contributed by atoms with van der Waals surface area (Å²) in [5.74, 6) is 1.53. The molecule has 0 aliphatic heterocycles. The summed E-state index contributed by atoms with van der Waals surface area (Å²) in [5.41, 5.74) is 3.49. The van der Waals surface area contributed by atoms with Gasteiger partial charge in [-0.15, -0.1) is 0 Å². The van der Waals surface area contributed by atoms with Crippen molar-refractivity contribution in [3.63, 3.8) is 0 Å². The van der Waals surface area contributed by atoms with Crippen molar-refractivity contribution in [1.29, 1.82) is 0 Å². The Morgan fingerprint density at radius 1 is 0.783 bits per heavy atom. The standard InChI is InChI=1S/C21H18O2/c1-15-8-9-16(2)20(14-15)21(22)17-10-12-19(13-11-17)23-18-6-4-3-5-7-18/h3-14H,1-2H3. The third-order valence-electron chi connectivity index (χ3n) is 3.73. The lowest BCUT2D eigenvalue weighted by atomic mass is 9.97. The molecule has 2 nitrogen and oxygen atoms in total. The van der Waals surface area contributed by atoms with Crippen molar-refractivity contribution < 1.29 is 9.53 Å². The Hall–Kier alpha value is -2.87. The molecule has 0 aliphatic rings. The Morgan fingerprint density at radius 3 is 2.13 bits per heavy atom. The first-order chi connectivity index (χ1) is 11.1. The van der Waals surface area contributed by atoms with E-state index in [9.17, 15) is 4.79 Å². The normalized spacial score (nSPS) is 10.3. The molecule has 23 heavy (non-hydrogen) atoms. The average Bonchev–Trinajstić information content (AvgIpc) is 2.58. The molecule has 0 bridgehead atoms. The first-order valence-corrected chi connectivity index (χ1v) is 7.58. The summed E-state index contributed by atoms with van der Waals surface area (Å²) >= 11 is 0. The van der Waals surface area contributed by atoms with Gasteiger partial charge < -0.3 is 4.74 Å². The minimum absolute atomic E-state index is 0.0393. The number of aryl methyl sites for hydroxylation is 2. The molecule has 114 valence electrons. The largest absolute Gasteiger partial charge is 0.457 e. The molecular formula is C21H18O2. The molecule has 0 fully saturated rings. The first kappa shape index (κ1) is 15.0. The van der Waals surface area contributed by atoms with E-state index in [0.717, 1.165) is 22.4 Å². The average molecular weight is 302 g/mol. The summed E-state index contributed by atoms with van der Waals surface area (Å²) in [6.07, 6.45) is 0. The number of hydrogen-bond donors (Lipinski definition) is 0. The van der Waals surface area contributed by atoms with E-state index in [1.807, 2.05) is 86.6 Å². The predicted molar refractivity (Wildman–Crippen MR) is 92.3 cm³/mol. The molecule has 3 aromatic rings. The zero-order chi connectivity index (χ0) is 16.2. The molecule has 2 heteroatoms. The fourth-order valence-corrected chi connectivity index (χ4v) is 2.43. The van der Waals surface area contributed by atoms with Gasteiger partial charge in [0.05, 0.1) is 0 Å². The van der Waals surface area contributed by atoms with Gasteiger partial charge in [0.25, 0.3) is 0 Å². The zero-order valence-corrected chi connectivity index (χ0v) is 13.2. The summed E-state index contributed by atoms with van der Waals surface area (Å²) in [6.45, 7) is 3.95. The zero-order valence-electron chi connectivity index (χ0n) is 13.2. The number of benzene rings is 3. The third kappa shape index (κ3) is 3.49. The van der Waals surface area contributed by atoms with E-state index in [2.05, 4.69) is 0 Å². The van der Waals surface area contributed by atoms with Crippen molar-refractivity contribution in [3.05, 3.63) is 95.1 Å². The van der Waals surface area contributed by atoms with Crippen LogP contribution in [0.3, 0.4) is 0 Å². The maximum atomic E-state index is 12.6. The van der Waals surface area contributed by atoms with Gasteiger partial charge >= 0.3 is 0 Å². The Morgan fingerprint density at radius 2 is 1.43 bits per heavy atom. The smallest absolute Gasteiger partial charge is 0.193 e. The lowest BCUT2D eigenvalue weighted by Gasteiger charge is -2.08. The van der Waals surface area contributed by atoms with Crippen molar-refractivity contribution >= 4 is 5.78 Å². The van der Waals surface area contributed by atoms with E-state index >= 15 is 0 Å². The fraction of sp³-hybridized carbons (Fsp3) is 0.0952. The number of ether oxygens (including phenoxy) is 1. The van der Waals surface area contributed by atoms with Crippen LogP contribution in [0.4, 0.5) is 0 Å². The maximum Gasteiger partial charge on any atom is 0.193 e. The molecule has 0 spiro atoms. The van der Waals surface area contributed by atoms with Gasteiger partial charge in [0.1, 0.15) is 11.5 Å². The van der Waals surface area contributed by atoms with Crippen molar-refractivity contribution in [2.24, 2.45) is 0 Å². The van der Waals surface area contributed by atoms with Crippen LogP contribution in [-0.4, -0.2) is 5.78 Å². The predicted octanol–water partition coefficient (Wildman–Crippen LogP) is 5.33. The Bertz CT molecular complexity index is 818. The third-order valence-corrected chi connectivity index (χ3v) is 3.73. The van der Waals surface area contributed by atoms with Crippen LogP contribution in [0.25, 0.3) is 0 Å². The SMILES string of the molecule is Cc1ccc(C)c(C(=O)c2ccc(Oc3ccccc3)cc2)c1. The van der Waals surface area contributed by atoms with Crippen LogP contribution < -0.4 is 4.74 Å². The highest BCUT2D eigenvalue weighted by Crippen LogP contribution is 2.23. The van der Waals surface area contributed by atoms with E-state index in [4.69, 9.17) is 4.74 Å². The van der Waals surface area contributed by atoms with Crippen LogP contribution >= 0.6 is 0 Å². The summed E-state index contributed by atoms with van der Waals surface area (Å²) < 4.78 is 5.75. The van der Waals surface area contributed by atoms with Gasteiger partial charge in [-0.05, 0) is 61.9 Å². The number of ketones is 1. The number of carbonyl (C=O) groups excluding carboxylic acids is 1. The highest BCUT2D eigenvalue weighted by molar-refractivity contribution is 6.10. The molecule has 0 unspecified atom stereocenters. The van der Waals surface area contributed by atoms with E-state index in [1.54, 1.807) is 0 Å². The molecule has 0 saturated heterocycles. The molecule has 0 heterocycles.